The van der Waals surface area contributed by atoms with Crippen molar-refractivity contribution in [1.82, 2.24) is 0 Å². The van der Waals surface area contributed by atoms with Gasteiger partial charge in [0, 0.05) is 0 Å². The van der Waals surface area contributed by atoms with Crippen LogP contribution >= 0.6 is 0 Å². The molecule has 3 N–H and O–H groups in total. The first-order valence-electron chi connectivity index (χ1n) is 3.58. The number of terminal acetylenes is 1. The zero-order chi connectivity index (χ0) is 9.45. The summed E-state index contributed by atoms with van der Waals surface area (Å²) in [6.07, 6.45) is 4.92. The number of aliphatic hydroxyl groups is 3. The molecule has 0 aromatic rings. The lowest BCUT2D eigenvalue weighted by Crippen LogP contribution is -2.38. The molecule has 0 aliphatic rings. The third-order valence-corrected chi connectivity index (χ3v) is 1.60. The minimum absolute atomic E-state index is 0.0562. The van der Waals surface area contributed by atoms with Crippen molar-refractivity contribution >= 4 is 0 Å². The molecule has 0 aromatic carbocycles. The fourth-order valence-corrected chi connectivity index (χ4v) is 0.613. The van der Waals surface area contributed by atoms with E-state index in [1.54, 1.807) is 0 Å². The van der Waals surface area contributed by atoms with Gasteiger partial charge in [0.05, 0.1) is 31.8 Å². The van der Waals surface area contributed by atoms with E-state index in [1.807, 2.05) is 0 Å². The van der Waals surface area contributed by atoms with E-state index in [1.165, 1.54) is 0 Å². The number of hydrogen-bond acceptors (Lipinski definition) is 4. The summed E-state index contributed by atoms with van der Waals surface area (Å²) < 4.78 is 4.90. The second-order valence-electron chi connectivity index (χ2n) is 2.67. The van der Waals surface area contributed by atoms with Gasteiger partial charge in [0.25, 0.3) is 0 Å². The smallest absolute Gasteiger partial charge is 0.107 e. The number of rotatable bonds is 6. The van der Waals surface area contributed by atoms with E-state index in [0.717, 1.165) is 0 Å². The molecule has 0 unspecified atom stereocenters. The lowest BCUT2D eigenvalue weighted by Gasteiger charge is -2.26. The van der Waals surface area contributed by atoms with Gasteiger partial charge in [-0.05, 0) is 0 Å². The Balaban J connectivity index is 3.86. The van der Waals surface area contributed by atoms with E-state index in [0.29, 0.717) is 0 Å². The molecule has 0 amide bonds. The molecule has 0 saturated heterocycles. The van der Waals surface area contributed by atoms with Gasteiger partial charge in [-0.15, -0.1) is 6.42 Å². The van der Waals surface area contributed by atoms with Crippen LogP contribution in [0.5, 0.6) is 0 Å². The standard InChI is InChI=1S/C8H14O4/c1-2-3-12-7-8(4-9,5-10)6-11/h1,9-11H,3-7H2. The molecule has 4 nitrogen and oxygen atoms in total. The maximum Gasteiger partial charge on any atom is 0.107 e. The van der Waals surface area contributed by atoms with Gasteiger partial charge in [0.1, 0.15) is 6.61 Å². The molecule has 0 aliphatic heterocycles. The second kappa shape index (κ2) is 5.98. The van der Waals surface area contributed by atoms with Gasteiger partial charge in [-0.2, -0.15) is 0 Å². The van der Waals surface area contributed by atoms with Gasteiger partial charge < -0.3 is 20.1 Å². The predicted octanol–water partition coefficient (Wildman–Crippen LogP) is -1.40. The van der Waals surface area contributed by atoms with E-state index in [4.69, 9.17) is 26.5 Å². The highest BCUT2D eigenvalue weighted by Gasteiger charge is 2.28. The Morgan fingerprint density at radius 3 is 2.00 bits per heavy atom. The second-order valence-corrected chi connectivity index (χ2v) is 2.67. The summed E-state index contributed by atoms with van der Waals surface area (Å²) in [7, 11) is 0. The van der Waals surface area contributed by atoms with Crippen LogP contribution in [-0.4, -0.2) is 48.4 Å². The number of aliphatic hydroxyl groups excluding tert-OH is 3. The van der Waals surface area contributed by atoms with Crippen LogP contribution in [0.3, 0.4) is 0 Å². The molecule has 0 rings (SSSR count). The van der Waals surface area contributed by atoms with Crippen molar-refractivity contribution in [2.45, 2.75) is 0 Å². The Kier molecular flexibility index (Phi) is 5.68. The highest BCUT2D eigenvalue weighted by molar-refractivity contribution is 4.84. The lowest BCUT2D eigenvalue weighted by atomic mass is 9.93. The van der Waals surface area contributed by atoms with Crippen molar-refractivity contribution in [3.05, 3.63) is 0 Å². The molecule has 0 atom stereocenters. The van der Waals surface area contributed by atoms with Crippen molar-refractivity contribution in [1.29, 1.82) is 0 Å². The van der Waals surface area contributed by atoms with Crippen molar-refractivity contribution in [3.8, 4) is 12.3 Å². The molecule has 70 valence electrons. The zero-order valence-electron chi connectivity index (χ0n) is 6.86. The Morgan fingerprint density at radius 1 is 1.17 bits per heavy atom. The first-order valence-corrected chi connectivity index (χ1v) is 3.58. The average molecular weight is 174 g/mol. The Hall–Kier alpha value is -0.600. The van der Waals surface area contributed by atoms with E-state index in [9.17, 15) is 0 Å². The van der Waals surface area contributed by atoms with E-state index < -0.39 is 5.41 Å². The van der Waals surface area contributed by atoms with Gasteiger partial charge in [0.2, 0.25) is 0 Å². The van der Waals surface area contributed by atoms with Gasteiger partial charge in [0.15, 0.2) is 0 Å². The van der Waals surface area contributed by atoms with Gasteiger partial charge in [-0.3, -0.25) is 0 Å². The molecule has 4 heteroatoms. The molecule has 0 radical (unpaired) electrons. The quantitative estimate of drug-likeness (QED) is 0.342. The molecule has 0 heterocycles. The topological polar surface area (TPSA) is 69.9 Å². The maximum atomic E-state index is 8.82. The fourth-order valence-electron chi connectivity index (χ4n) is 0.613. The first-order chi connectivity index (χ1) is 5.74. The minimum atomic E-state index is -0.975. The Morgan fingerprint density at radius 2 is 1.67 bits per heavy atom. The molecule has 0 saturated carbocycles. The van der Waals surface area contributed by atoms with Crippen molar-refractivity contribution < 1.29 is 20.1 Å². The third kappa shape index (κ3) is 3.20. The Bertz CT molecular complexity index is 137. The van der Waals surface area contributed by atoms with Crippen LogP contribution in [0.4, 0.5) is 0 Å². The summed E-state index contributed by atoms with van der Waals surface area (Å²) in [4.78, 5) is 0. The average Bonchev–Trinajstić information content (AvgIpc) is 2.14. The summed E-state index contributed by atoms with van der Waals surface area (Å²) in [5.74, 6) is 2.25. The minimum Gasteiger partial charge on any atom is -0.396 e. The summed E-state index contributed by atoms with van der Waals surface area (Å²) >= 11 is 0. The highest BCUT2D eigenvalue weighted by Crippen LogP contribution is 2.14. The monoisotopic (exact) mass is 174 g/mol. The molecule has 12 heavy (non-hydrogen) atoms. The first kappa shape index (κ1) is 11.4. The van der Waals surface area contributed by atoms with Crippen LogP contribution in [0.25, 0.3) is 0 Å². The molecule has 0 aromatic heterocycles. The zero-order valence-corrected chi connectivity index (χ0v) is 6.86. The van der Waals surface area contributed by atoms with Crippen LogP contribution in [0.1, 0.15) is 0 Å². The Labute approximate surface area is 71.8 Å². The van der Waals surface area contributed by atoms with E-state index >= 15 is 0 Å². The summed E-state index contributed by atoms with van der Waals surface area (Å²) in [5.41, 5.74) is -0.975. The summed E-state index contributed by atoms with van der Waals surface area (Å²) in [6.45, 7) is -0.817. The molecule has 0 fully saturated rings. The van der Waals surface area contributed by atoms with Crippen molar-refractivity contribution in [2.75, 3.05) is 33.0 Å². The summed E-state index contributed by atoms with van der Waals surface area (Å²) in [5, 5.41) is 26.5. The normalized spacial score (nSPS) is 11.2. The fraction of sp³-hybridized carbons (Fsp3) is 0.750. The van der Waals surface area contributed by atoms with Crippen LogP contribution in [0, 0.1) is 17.8 Å². The largest absolute Gasteiger partial charge is 0.396 e. The van der Waals surface area contributed by atoms with Gasteiger partial charge >= 0.3 is 0 Å². The van der Waals surface area contributed by atoms with Crippen molar-refractivity contribution in [2.24, 2.45) is 5.41 Å². The predicted molar refractivity (Wildman–Crippen MR) is 43.3 cm³/mol. The molecular weight excluding hydrogens is 160 g/mol. The van der Waals surface area contributed by atoms with Crippen LogP contribution in [0.2, 0.25) is 0 Å². The third-order valence-electron chi connectivity index (χ3n) is 1.60. The van der Waals surface area contributed by atoms with E-state index in [2.05, 4.69) is 5.92 Å². The molecule has 0 aliphatic carbocycles. The summed E-state index contributed by atoms with van der Waals surface area (Å²) in [6, 6.07) is 0. The number of hydrogen-bond donors (Lipinski definition) is 3. The molecular formula is C8H14O4. The van der Waals surface area contributed by atoms with Gasteiger partial charge in [-0.25, -0.2) is 0 Å². The van der Waals surface area contributed by atoms with Crippen LogP contribution < -0.4 is 0 Å². The molecule has 0 bridgehead atoms. The van der Waals surface area contributed by atoms with E-state index in [-0.39, 0.29) is 33.0 Å². The number of ether oxygens (including phenoxy) is 1. The maximum absolute atomic E-state index is 8.82. The van der Waals surface area contributed by atoms with Crippen molar-refractivity contribution in [3.63, 3.8) is 0 Å². The lowest BCUT2D eigenvalue weighted by molar-refractivity contribution is -0.0514. The van der Waals surface area contributed by atoms with Crippen LogP contribution in [-0.2, 0) is 4.74 Å². The van der Waals surface area contributed by atoms with Gasteiger partial charge in [-0.1, -0.05) is 5.92 Å². The highest BCUT2D eigenvalue weighted by atomic mass is 16.5. The molecule has 0 spiro atoms. The van der Waals surface area contributed by atoms with Crippen LogP contribution in [0.15, 0.2) is 0 Å². The SMILES string of the molecule is C#CCOCC(CO)(CO)CO.